The monoisotopic (exact) mass is 582 g/mol. The first kappa shape index (κ1) is 27.3. The number of carbonyl (C=O) groups is 1. The first-order valence-electron chi connectivity index (χ1n) is 14.5. The van der Waals surface area contributed by atoms with E-state index in [1.165, 1.54) is 12.1 Å². The Morgan fingerprint density at radius 3 is 2.70 bits per heavy atom. The van der Waals surface area contributed by atoms with E-state index in [0.717, 1.165) is 67.4 Å². The second kappa shape index (κ2) is 10.6. The Morgan fingerprint density at radius 1 is 1.19 bits per heavy atom. The second-order valence-corrected chi connectivity index (χ2v) is 11.5. The van der Waals surface area contributed by atoms with Crippen LogP contribution in [0, 0.1) is 17.1 Å². The predicted octanol–water partition coefficient (Wildman–Crippen LogP) is 4.35. The fraction of sp³-hybridized carbons (Fsp3) is 0.375. The van der Waals surface area contributed by atoms with Gasteiger partial charge in [-0.2, -0.15) is 5.26 Å². The van der Waals surface area contributed by atoms with E-state index in [1.807, 2.05) is 12.1 Å². The number of amides is 1. The number of aromatic nitrogens is 3. The maximum absolute atomic E-state index is 15.0. The molecule has 43 heavy (non-hydrogen) atoms. The fourth-order valence-corrected chi connectivity index (χ4v) is 6.31. The molecule has 0 aliphatic carbocycles. The molecule has 0 radical (unpaired) electrons. The average molecular weight is 583 g/mol. The van der Waals surface area contributed by atoms with Gasteiger partial charge in [0.2, 0.25) is 5.91 Å². The molecule has 11 heteroatoms. The van der Waals surface area contributed by atoms with Gasteiger partial charge in [-0.1, -0.05) is 12.1 Å². The van der Waals surface area contributed by atoms with Crippen LogP contribution in [-0.2, 0) is 23.6 Å². The van der Waals surface area contributed by atoms with Gasteiger partial charge in [-0.05, 0) is 62.5 Å². The molecule has 220 valence electrons. The van der Waals surface area contributed by atoms with Gasteiger partial charge in [0.1, 0.15) is 23.4 Å². The predicted molar refractivity (Wildman–Crippen MR) is 154 cm³/mol. The van der Waals surface area contributed by atoms with Crippen LogP contribution in [0.4, 0.5) is 4.39 Å². The van der Waals surface area contributed by atoms with E-state index in [4.69, 9.17) is 24.9 Å². The molecule has 2 fully saturated rings. The van der Waals surface area contributed by atoms with Crippen molar-refractivity contribution in [3.05, 3.63) is 82.7 Å². The molecule has 2 atom stereocenters. The summed E-state index contributed by atoms with van der Waals surface area (Å²) in [6.07, 6.45) is 4.74. The summed E-state index contributed by atoms with van der Waals surface area (Å²) in [5.41, 5.74) is 8.68. The zero-order chi connectivity index (χ0) is 29.7. The minimum Gasteiger partial charge on any atom is -0.444 e. The molecule has 5 heterocycles. The minimum atomic E-state index is -1.37. The van der Waals surface area contributed by atoms with Crippen LogP contribution in [-0.4, -0.2) is 51.1 Å². The Kier molecular flexibility index (Phi) is 6.75. The Morgan fingerprint density at radius 2 is 2.00 bits per heavy atom. The number of halogens is 1. The van der Waals surface area contributed by atoms with Crippen LogP contribution in [0.3, 0.4) is 0 Å². The van der Waals surface area contributed by atoms with Gasteiger partial charge in [0, 0.05) is 30.7 Å². The number of fused-ring (bicyclic) bond motifs is 2. The number of hydrogen-bond acceptors (Lipinski definition) is 8. The number of imidazole rings is 1. The van der Waals surface area contributed by atoms with Crippen LogP contribution in [0.25, 0.3) is 11.0 Å². The van der Waals surface area contributed by atoms with Gasteiger partial charge in [0.15, 0.2) is 11.5 Å². The van der Waals surface area contributed by atoms with E-state index in [0.29, 0.717) is 30.3 Å². The SMILES string of the molecule is CC1(c2ccc(C(N)=O)cc2F)Oc2cccc(C3CCN(Cc4nc5cc(C#N)ncc5n4C[C@@H]4CCO4)CC3)c2O1. The average Bonchev–Trinajstić information content (AvgIpc) is 3.51. The molecule has 2 aromatic heterocycles. The van der Waals surface area contributed by atoms with Crippen molar-refractivity contribution in [1.29, 1.82) is 5.26 Å². The van der Waals surface area contributed by atoms with Crippen molar-refractivity contribution in [3.63, 3.8) is 0 Å². The zero-order valence-corrected chi connectivity index (χ0v) is 23.8. The summed E-state index contributed by atoms with van der Waals surface area (Å²) in [7, 11) is 0. The number of hydrogen-bond donors (Lipinski definition) is 1. The van der Waals surface area contributed by atoms with Gasteiger partial charge >= 0.3 is 0 Å². The smallest absolute Gasteiger partial charge is 0.278 e. The summed E-state index contributed by atoms with van der Waals surface area (Å²) in [6.45, 7) is 5.58. The van der Waals surface area contributed by atoms with Gasteiger partial charge in [0.25, 0.3) is 5.79 Å². The zero-order valence-electron chi connectivity index (χ0n) is 23.8. The lowest BCUT2D eigenvalue weighted by atomic mass is 9.88. The number of likely N-dealkylation sites (tertiary alicyclic amines) is 1. The molecule has 10 nitrogen and oxygen atoms in total. The number of rotatable bonds is 7. The van der Waals surface area contributed by atoms with Crippen molar-refractivity contribution in [2.24, 2.45) is 5.73 Å². The number of nitriles is 1. The summed E-state index contributed by atoms with van der Waals surface area (Å²) >= 11 is 0. The highest BCUT2D eigenvalue weighted by molar-refractivity contribution is 5.92. The normalized spacial score (nSPS) is 21.9. The van der Waals surface area contributed by atoms with Crippen molar-refractivity contribution < 1.29 is 23.4 Å². The van der Waals surface area contributed by atoms with E-state index in [2.05, 4.69) is 26.6 Å². The highest BCUT2D eigenvalue weighted by Gasteiger charge is 2.43. The second-order valence-electron chi connectivity index (χ2n) is 11.5. The fourth-order valence-electron chi connectivity index (χ4n) is 6.31. The van der Waals surface area contributed by atoms with Crippen LogP contribution < -0.4 is 15.2 Å². The third-order valence-corrected chi connectivity index (χ3v) is 8.75. The van der Waals surface area contributed by atoms with E-state index in [1.54, 1.807) is 19.2 Å². The third-order valence-electron chi connectivity index (χ3n) is 8.75. The number of benzene rings is 2. The van der Waals surface area contributed by atoms with Crippen molar-refractivity contribution in [2.75, 3.05) is 19.7 Å². The summed E-state index contributed by atoms with van der Waals surface area (Å²) < 4.78 is 35.4. The molecule has 3 aliphatic rings. The summed E-state index contributed by atoms with van der Waals surface area (Å²) in [6, 6.07) is 13.8. The standard InChI is InChI=1S/C32H31FN6O4/c1-32(24-6-5-20(31(35)40)13-25(24)33)42-28-4-2-3-23(30(28)43-32)19-7-10-38(11-8-19)18-29-37-26-14-21(15-34)36-16-27(26)39(29)17-22-9-12-41-22/h2-6,13-14,16,19,22H,7-12,17-18H2,1H3,(H2,35,40)/t22-,32?/m0/s1. The molecule has 3 aliphatic heterocycles. The Hall–Kier alpha value is -4.53. The van der Waals surface area contributed by atoms with Crippen molar-refractivity contribution in [2.45, 2.75) is 57.1 Å². The molecular formula is C32H31FN6O4. The van der Waals surface area contributed by atoms with E-state index in [-0.39, 0.29) is 23.1 Å². The molecule has 0 spiro atoms. The molecule has 0 bridgehead atoms. The Labute approximate surface area is 247 Å². The lowest BCUT2D eigenvalue weighted by Gasteiger charge is -2.33. The first-order valence-corrected chi connectivity index (χ1v) is 14.5. The van der Waals surface area contributed by atoms with Crippen LogP contribution >= 0.6 is 0 Å². The molecule has 2 saturated heterocycles. The lowest BCUT2D eigenvalue weighted by Crippen LogP contribution is -2.35. The summed E-state index contributed by atoms with van der Waals surface area (Å²) in [5.74, 6) is -0.306. The van der Waals surface area contributed by atoms with Crippen molar-refractivity contribution in [1.82, 2.24) is 19.4 Å². The topological polar surface area (TPSA) is 129 Å². The van der Waals surface area contributed by atoms with Crippen molar-refractivity contribution in [3.8, 4) is 17.6 Å². The maximum atomic E-state index is 15.0. The number of nitrogens with zero attached hydrogens (tertiary/aromatic N) is 5. The Bertz CT molecular complexity index is 1770. The van der Waals surface area contributed by atoms with Gasteiger partial charge < -0.3 is 24.5 Å². The molecular weight excluding hydrogens is 551 g/mol. The maximum Gasteiger partial charge on any atom is 0.278 e. The summed E-state index contributed by atoms with van der Waals surface area (Å²) in [5, 5.41) is 9.31. The van der Waals surface area contributed by atoms with Gasteiger partial charge in [-0.3, -0.25) is 9.69 Å². The molecule has 1 unspecified atom stereocenters. The quantitative estimate of drug-likeness (QED) is 0.341. The number of primary amides is 1. The lowest BCUT2D eigenvalue weighted by molar-refractivity contribution is -0.0712. The largest absolute Gasteiger partial charge is 0.444 e. The third kappa shape index (κ3) is 4.96. The number of ether oxygens (including phenoxy) is 3. The number of nitrogens with two attached hydrogens (primary N) is 1. The van der Waals surface area contributed by atoms with Crippen molar-refractivity contribution >= 4 is 16.9 Å². The molecule has 2 N–H and O–H groups in total. The molecule has 2 aromatic carbocycles. The Balaban J connectivity index is 1.07. The van der Waals surface area contributed by atoms with E-state index >= 15 is 4.39 Å². The van der Waals surface area contributed by atoms with Crippen LogP contribution in [0.2, 0.25) is 0 Å². The number of carbonyl (C=O) groups excluding carboxylic acids is 1. The molecule has 4 aromatic rings. The van der Waals surface area contributed by atoms with Crippen LogP contribution in [0.15, 0.2) is 48.7 Å². The van der Waals surface area contributed by atoms with Gasteiger partial charge in [0.05, 0.1) is 42.0 Å². The highest BCUT2D eigenvalue weighted by atomic mass is 19.1. The van der Waals surface area contributed by atoms with Gasteiger partial charge in [-0.15, -0.1) is 0 Å². The molecule has 1 amide bonds. The number of para-hydroxylation sites is 1. The number of piperidine rings is 1. The number of pyridine rings is 1. The molecule has 7 rings (SSSR count). The van der Waals surface area contributed by atoms with Crippen LogP contribution in [0.5, 0.6) is 11.5 Å². The van der Waals surface area contributed by atoms with Gasteiger partial charge in [-0.25, -0.2) is 14.4 Å². The summed E-state index contributed by atoms with van der Waals surface area (Å²) in [4.78, 5) is 23.1. The van der Waals surface area contributed by atoms with Crippen LogP contribution in [0.1, 0.15) is 65.1 Å². The van der Waals surface area contributed by atoms with E-state index in [9.17, 15) is 10.1 Å². The first-order chi connectivity index (χ1) is 20.8. The minimum absolute atomic E-state index is 0.0864. The molecule has 0 saturated carbocycles. The highest BCUT2D eigenvalue weighted by Crippen LogP contribution is 2.49. The van der Waals surface area contributed by atoms with E-state index < -0.39 is 17.5 Å².